The number of rotatable bonds is 4. The number of carbonyl (C=O) groups is 1. The zero-order chi connectivity index (χ0) is 12.3. The van der Waals surface area contributed by atoms with Crippen molar-refractivity contribution in [3.8, 4) is 0 Å². The van der Waals surface area contributed by atoms with Crippen molar-refractivity contribution in [2.75, 3.05) is 5.32 Å². The Labute approximate surface area is 99.4 Å². The van der Waals surface area contributed by atoms with Gasteiger partial charge in [0.15, 0.2) is 0 Å². The Kier molecular flexibility index (Phi) is 3.14. The summed E-state index contributed by atoms with van der Waals surface area (Å²) in [4.78, 5) is 10.9. The monoisotopic (exact) mass is 230 g/mol. The molecule has 1 amide bonds. The highest BCUT2D eigenvalue weighted by molar-refractivity contribution is 5.93. The lowest BCUT2D eigenvalue weighted by Gasteiger charge is -2.05. The molecule has 1 aromatic heterocycles. The van der Waals surface area contributed by atoms with Crippen LogP contribution >= 0.6 is 0 Å². The quantitative estimate of drug-likeness (QED) is 0.846. The number of furan rings is 1. The van der Waals surface area contributed by atoms with Crippen molar-refractivity contribution in [2.45, 2.75) is 13.5 Å². The fourth-order valence-corrected chi connectivity index (χ4v) is 1.52. The smallest absolute Gasteiger partial charge is 0.248 e. The van der Waals surface area contributed by atoms with Crippen molar-refractivity contribution in [1.82, 2.24) is 0 Å². The molecule has 0 aliphatic carbocycles. The number of carbonyl (C=O) groups excluding carboxylic acids is 1. The first kappa shape index (κ1) is 11.3. The molecule has 0 saturated carbocycles. The van der Waals surface area contributed by atoms with E-state index in [-0.39, 0.29) is 0 Å². The summed E-state index contributed by atoms with van der Waals surface area (Å²) < 4.78 is 5.31. The zero-order valence-electron chi connectivity index (χ0n) is 9.57. The fourth-order valence-electron chi connectivity index (χ4n) is 1.52. The van der Waals surface area contributed by atoms with Crippen LogP contribution in [0.25, 0.3) is 0 Å². The number of anilines is 1. The average Bonchev–Trinajstić information content (AvgIpc) is 2.73. The minimum atomic E-state index is -0.418. The van der Waals surface area contributed by atoms with E-state index >= 15 is 0 Å². The molecule has 1 aromatic carbocycles. The van der Waals surface area contributed by atoms with Gasteiger partial charge in [0.05, 0.1) is 12.8 Å². The molecule has 0 bridgehead atoms. The highest BCUT2D eigenvalue weighted by atomic mass is 16.3. The molecule has 0 saturated heterocycles. The van der Waals surface area contributed by atoms with Crippen molar-refractivity contribution < 1.29 is 9.21 Å². The van der Waals surface area contributed by atoms with Crippen LogP contribution in [0.2, 0.25) is 0 Å². The Balaban J connectivity index is 2.00. The van der Waals surface area contributed by atoms with Crippen LogP contribution in [0.4, 0.5) is 5.69 Å². The van der Waals surface area contributed by atoms with Crippen LogP contribution in [-0.2, 0) is 6.54 Å². The summed E-state index contributed by atoms with van der Waals surface area (Å²) in [5.74, 6) is 0.488. The third kappa shape index (κ3) is 2.66. The molecule has 3 N–H and O–H groups in total. The average molecular weight is 230 g/mol. The normalized spacial score (nSPS) is 10.2. The highest BCUT2D eigenvalue weighted by Gasteiger charge is 2.02. The number of hydrogen-bond donors (Lipinski definition) is 2. The predicted molar refractivity (Wildman–Crippen MR) is 65.7 cm³/mol. The van der Waals surface area contributed by atoms with E-state index in [1.54, 1.807) is 18.4 Å². The van der Waals surface area contributed by atoms with Crippen LogP contribution in [0.1, 0.15) is 21.7 Å². The maximum atomic E-state index is 10.9. The van der Waals surface area contributed by atoms with Crippen molar-refractivity contribution in [3.63, 3.8) is 0 Å². The van der Waals surface area contributed by atoms with Crippen molar-refractivity contribution >= 4 is 11.6 Å². The number of nitrogens with one attached hydrogen (secondary N) is 1. The maximum absolute atomic E-state index is 10.9. The Bertz CT molecular complexity index is 514. The van der Waals surface area contributed by atoms with Gasteiger partial charge in [-0.1, -0.05) is 0 Å². The predicted octanol–water partition coefficient (Wildman–Crippen LogP) is 2.30. The standard InChI is InChI=1S/C13H14N2O2/c1-9-6-7-17-12(9)8-15-11-4-2-10(3-5-11)13(14)16/h2-7,15H,8H2,1H3,(H2,14,16). The molecule has 2 rings (SSSR count). The fraction of sp³-hybridized carbons (Fsp3) is 0.154. The van der Waals surface area contributed by atoms with Gasteiger partial charge in [-0.05, 0) is 42.8 Å². The lowest BCUT2D eigenvalue weighted by molar-refractivity contribution is 0.100. The summed E-state index contributed by atoms with van der Waals surface area (Å²) in [5, 5.41) is 3.21. The van der Waals surface area contributed by atoms with Crippen LogP contribution in [0, 0.1) is 6.92 Å². The molecule has 0 aliphatic heterocycles. The van der Waals surface area contributed by atoms with Gasteiger partial charge in [0, 0.05) is 11.3 Å². The molecule has 4 heteroatoms. The van der Waals surface area contributed by atoms with Crippen LogP contribution in [-0.4, -0.2) is 5.91 Å². The molecule has 1 heterocycles. The van der Waals surface area contributed by atoms with Crippen molar-refractivity contribution in [2.24, 2.45) is 5.73 Å². The van der Waals surface area contributed by atoms with E-state index in [4.69, 9.17) is 10.2 Å². The molecular formula is C13H14N2O2. The molecular weight excluding hydrogens is 216 g/mol. The zero-order valence-corrected chi connectivity index (χ0v) is 9.57. The first-order valence-corrected chi connectivity index (χ1v) is 5.33. The Morgan fingerprint density at radius 3 is 2.53 bits per heavy atom. The molecule has 0 unspecified atom stereocenters. The van der Waals surface area contributed by atoms with E-state index in [0.29, 0.717) is 12.1 Å². The molecule has 2 aromatic rings. The van der Waals surface area contributed by atoms with Gasteiger partial charge in [0.1, 0.15) is 5.76 Å². The topological polar surface area (TPSA) is 68.3 Å². The number of aryl methyl sites for hydroxylation is 1. The van der Waals surface area contributed by atoms with Crippen LogP contribution in [0.15, 0.2) is 41.0 Å². The summed E-state index contributed by atoms with van der Waals surface area (Å²) in [7, 11) is 0. The number of benzene rings is 1. The van der Waals surface area contributed by atoms with Gasteiger partial charge in [0.25, 0.3) is 0 Å². The van der Waals surface area contributed by atoms with E-state index in [0.717, 1.165) is 17.0 Å². The van der Waals surface area contributed by atoms with Gasteiger partial charge >= 0.3 is 0 Å². The second-order valence-electron chi connectivity index (χ2n) is 3.82. The Morgan fingerprint density at radius 1 is 1.29 bits per heavy atom. The van der Waals surface area contributed by atoms with Gasteiger partial charge in [-0.15, -0.1) is 0 Å². The summed E-state index contributed by atoms with van der Waals surface area (Å²) in [5.41, 5.74) is 7.70. The molecule has 0 spiro atoms. The molecule has 4 nitrogen and oxygen atoms in total. The third-order valence-electron chi connectivity index (χ3n) is 2.59. The van der Waals surface area contributed by atoms with Gasteiger partial charge in [-0.3, -0.25) is 4.79 Å². The van der Waals surface area contributed by atoms with Crippen molar-refractivity contribution in [3.05, 3.63) is 53.5 Å². The largest absolute Gasteiger partial charge is 0.467 e. The highest BCUT2D eigenvalue weighted by Crippen LogP contribution is 2.13. The Hall–Kier alpha value is -2.23. The minimum Gasteiger partial charge on any atom is -0.467 e. The summed E-state index contributed by atoms with van der Waals surface area (Å²) in [6, 6.07) is 8.95. The van der Waals surface area contributed by atoms with Crippen molar-refractivity contribution in [1.29, 1.82) is 0 Å². The van der Waals surface area contributed by atoms with Crippen LogP contribution in [0.3, 0.4) is 0 Å². The summed E-state index contributed by atoms with van der Waals surface area (Å²) >= 11 is 0. The van der Waals surface area contributed by atoms with E-state index in [9.17, 15) is 4.79 Å². The van der Waals surface area contributed by atoms with Gasteiger partial charge in [-0.2, -0.15) is 0 Å². The van der Waals surface area contributed by atoms with Crippen LogP contribution in [0.5, 0.6) is 0 Å². The first-order chi connectivity index (χ1) is 8.16. The molecule has 88 valence electrons. The minimum absolute atomic E-state index is 0.418. The van der Waals surface area contributed by atoms with Gasteiger partial charge in [0.2, 0.25) is 5.91 Å². The summed E-state index contributed by atoms with van der Waals surface area (Å²) in [6.07, 6.45) is 1.67. The second-order valence-corrected chi connectivity index (χ2v) is 3.82. The number of nitrogens with two attached hydrogens (primary N) is 1. The second kappa shape index (κ2) is 4.74. The number of hydrogen-bond acceptors (Lipinski definition) is 3. The Morgan fingerprint density at radius 2 is 2.00 bits per heavy atom. The van der Waals surface area contributed by atoms with Crippen LogP contribution < -0.4 is 11.1 Å². The molecule has 0 aliphatic rings. The third-order valence-corrected chi connectivity index (χ3v) is 2.59. The summed E-state index contributed by atoms with van der Waals surface area (Å²) in [6.45, 7) is 2.62. The first-order valence-electron chi connectivity index (χ1n) is 5.33. The number of primary amides is 1. The van der Waals surface area contributed by atoms with E-state index in [2.05, 4.69) is 5.32 Å². The molecule has 0 atom stereocenters. The molecule has 0 fully saturated rings. The lowest BCUT2D eigenvalue weighted by Crippen LogP contribution is -2.10. The number of amides is 1. The lowest BCUT2D eigenvalue weighted by atomic mass is 10.2. The van der Waals surface area contributed by atoms with E-state index in [1.165, 1.54) is 0 Å². The van der Waals surface area contributed by atoms with E-state index < -0.39 is 5.91 Å². The SMILES string of the molecule is Cc1ccoc1CNc1ccc(C(N)=O)cc1. The maximum Gasteiger partial charge on any atom is 0.248 e. The molecule has 17 heavy (non-hydrogen) atoms. The van der Waals surface area contributed by atoms with Gasteiger partial charge in [-0.25, -0.2) is 0 Å². The molecule has 0 radical (unpaired) electrons. The van der Waals surface area contributed by atoms with Gasteiger partial charge < -0.3 is 15.5 Å². The van der Waals surface area contributed by atoms with E-state index in [1.807, 2.05) is 25.1 Å².